The Morgan fingerprint density at radius 1 is 1.19 bits per heavy atom. The van der Waals surface area contributed by atoms with Gasteiger partial charge in [0, 0.05) is 17.8 Å². The van der Waals surface area contributed by atoms with Crippen LogP contribution in [-0.2, 0) is 4.74 Å². The van der Waals surface area contributed by atoms with Crippen LogP contribution in [0.4, 0.5) is 0 Å². The van der Waals surface area contributed by atoms with Crippen LogP contribution in [0.25, 0.3) is 0 Å². The van der Waals surface area contributed by atoms with Crippen molar-refractivity contribution in [1.29, 1.82) is 0 Å². The van der Waals surface area contributed by atoms with Crippen molar-refractivity contribution in [3.63, 3.8) is 0 Å². The van der Waals surface area contributed by atoms with Crippen molar-refractivity contribution < 1.29 is 4.74 Å². The van der Waals surface area contributed by atoms with Gasteiger partial charge in [-0.3, -0.25) is 0 Å². The van der Waals surface area contributed by atoms with Crippen LogP contribution in [0, 0.1) is 5.92 Å². The Labute approximate surface area is 187 Å². The smallest absolute Gasteiger partial charge is 0.146 e. The van der Waals surface area contributed by atoms with Gasteiger partial charge in [-0.15, -0.1) is 0 Å². The molecule has 0 saturated carbocycles. The monoisotopic (exact) mass is 419 g/mol. The van der Waals surface area contributed by atoms with Gasteiger partial charge < -0.3 is 15.0 Å². The summed E-state index contributed by atoms with van der Waals surface area (Å²) in [5, 5.41) is 3.78. The lowest BCUT2D eigenvalue weighted by atomic mass is 9.85. The van der Waals surface area contributed by atoms with Crippen molar-refractivity contribution in [2.24, 2.45) is 10.9 Å². The molecule has 0 aromatic carbocycles. The summed E-state index contributed by atoms with van der Waals surface area (Å²) in [6.45, 7) is 4.96. The topological polar surface area (TPSA) is 49.4 Å². The predicted octanol–water partition coefficient (Wildman–Crippen LogP) is 6.55. The van der Waals surface area contributed by atoms with Crippen LogP contribution < -0.4 is 5.32 Å². The molecular formula is C27H37N3O. The lowest BCUT2D eigenvalue weighted by molar-refractivity contribution is 0.238. The average molecular weight is 420 g/mol. The van der Waals surface area contributed by atoms with E-state index in [0.29, 0.717) is 12.5 Å². The first-order chi connectivity index (χ1) is 15.3. The summed E-state index contributed by atoms with van der Waals surface area (Å²) in [6, 6.07) is 4.23. The molecule has 0 amide bonds. The maximum Gasteiger partial charge on any atom is 0.146 e. The number of nitrogens with zero attached hydrogens (tertiary/aromatic N) is 1. The molecule has 2 bridgehead atoms. The standard InChI is InChI=1S/C27H37N3O/c1-3-5-8-12-20-13-9-6-7-10-14-21-17-22(20)24(29-21)18-26-27(31-4-2)19-25(30-26)23-15-11-16-28-23/h11,15-16,18-20,24,28-29H,3-10,12-14H2,1-2H3. The van der Waals surface area contributed by atoms with Crippen LogP contribution >= 0.6 is 0 Å². The van der Waals surface area contributed by atoms with Crippen LogP contribution in [0.1, 0.15) is 83.7 Å². The number of aliphatic imine (C=N–C) groups is 1. The number of nitrogens with one attached hydrogen (secondary N) is 2. The molecule has 3 heterocycles. The molecule has 0 fully saturated rings. The first kappa shape index (κ1) is 21.8. The Morgan fingerprint density at radius 3 is 2.90 bits per heavy atom. The molecule has 4 nitrogen and oxygen atoms in total. The van der Waals surface area contributed by atoms with Gasteiger partial charge in [-0.05, 0) is 56.7 Å². The van der Waals surface area contributed by atoms with Crippen molar-refractivity contribution in [2.45, 2.75) is 84.1 Å². The third-order valence-corrected chi connectivity index (χ3v) is 6.54. The van der Waals surface area contributed by atoms with E-state index in [2.05, 4.69) is 41.2 Å². The molecule has 166 valence electrons. The predicted molar refractivity (Wildman–Crippen MR) is 128 cm³/mol. The number of rotatable bonds is 8. The van der Waals surface area contributed by atoms with E-state index in [1.54, 1.807) is 0 Å². The summed E-state index contributed by atoms with van der Waals surface area (Å²) in [6.07, 6.45) is 19.1. The van der Waals surface area contributed by atoms with Gasteiger partial charge >= 0.3 is 0 Å². The van der Waals surface area contributed by atoms with Crippen LogP contribution in [0.5, 0.6) is 0 Å². The van der Waals surface area contributed by atoms with E-state index in [-0.39, 0.29) is 6.04 Å². The molecule has 0 radical (unpaired) electrons. The molecule has 0 spiro atoms. The average Bonchev–Trinajstić information content (AvgIpc) is 3.51. The highest BCUT2D eigenvalue weighted by molar-refractivity contribution is 6.10. The van der Waals surface area contributed by atoms with Crippen molar-refractivity contribution >= 4 is 5.71 Å². The van der Waals surface area contributed by atoms with Gasteiger partial charge in [-0.1, -0.05) is 51.2 Å². The maximum absolute atomic E-state index is 5.96. The minimum atomic E-state index is 0.172. The Hall–Kier alpha value is -2.45. The summed E-state index contributed by atoms with van der Waals surface area (Å²) in [7, 11) is 0. The van der Waals surface area contributed by atoms with E-state index in [9.17, 15) is 0 Å². The zero-order valence-electron chi connectivity index (χ0n) is 19.2. The zero-order valence-corrected chi connectivity index (χ0v) is 19.2. The maximum atomic E-state index is 5.96. The molecule has 2 unspecified atom stereocenters. The third-order valence-electron chi connectivity index (χ3n) is 6.54. The molecule has 1 aromatic rings. The van der Waals surface area contributed by atoms with Crippen molar-refractivity contribution in [3.8, 4) is 0 Å². The number of ether oxygens (including phenoxy) is 1. The molecule has 3 aliphatic rings. The third kappa shape index (κ3) is 5.43. The van der Waals surface area contributed by atoms with E-state index in [4.69, 9.17) is 9.73 Å². The molecule has 4 heteroatoms. The fourth-order valence-corrected chi connectivity index (χ4v) is 4.91. The Morgan fingerprint density at radius 2 is 2.10 bits per heavy atom. The first-order valence-electron chi connectivity index (χ1n) is 12.3. The van der Waals surface area contributed by atoms with Gasteiger partial charge in [0.25, 0.3) is 0 Å². The van der Waals surface area contributed by atoms with Crippen LogP contribution in [0.15, 0.2) is 63.9 Å². The molecule has 4 rings (SSSR count). The van der Waals surface area contributed by atoms with Crippen molar-refractivity contribution in [2.75, 3.05) is 6.61 Å². The Balaban J connectivity index is 1.61. The Bertz CT molecular complexity index is 897. The molecule has 2 atom stereocenters. The second kappa shape index (κ2) is 10.7. The summed E-state index contributed by atoms with van der Waals surface area (Å²) in [4.78, 5) is 8.19. The molecule has 2 aliphatic heterocycles. The van der Waals surface area contributed by atoms with Crippen molar-refractivity contribution in [3.05, 3.63) is 64.6 Å². The van der Waals surface area contributed by atoms with E-state index in [1.165, 1.54) is 69.1 Å². The van der Waals surface area contributed by atoms with Crippen LogP contribution in [0.2, 0.25) is 0 Å². The minimum absolute atomic E-state index is 0.172. The largest absolute Gasteiger partial charge is 0.492 e. The lowest BCUT2D eigenvalue weighted by Crippen LogP contribution is -2.27. The second-order valence-corrected chi connectivity index (χ2v) is 8.90. The van der Waals surface area contributed by atoms with Gasteiger partial charge in [-0.2, -0.15) is 0 Å². The highest BCUT2D eigenvalue weighted by Crippen LogP contribution is 2.34. The van der Waals surface area contributed by atoms with E-state index >= 15 is 0 Å². The molecular weight excluding hydrogens is 382 g/mol. The molecule has 0 saturated heterocycles. The lowest BCUT2D eigenvalue weighted by Gasteiger charge is -2.22. The fraction of sp³-hybridized carbons (Fsp3) is 0.556. The van der Waals surface area contributed by atoms with Crippen LogP contribution in [-0.4, -0.2) is 23.3 Å². The zero-order chi connectivity index (χ0) is 21.5. The van der Waals surface area contributed by atoms with E-state index < -0.39 is 0 Å². The molecule has 2 N–H and O–H groups in total. The van der Waals surface area contributed by atoms with Gasteiger partial charge in [0.15, 0.2) is 0 Å². The highest BCUT2D eigenvalue weighted by atomic mass is 16.5. The van der Waals surface area contributed by atoms with E-state index in [0.717, 1.165) is 29.3 Å². The van der Waals surface area contributed by atoms with Crippen molar-refractivity contribution in [1.82, 2.24) is 10.3 Å². The normalized spacial score (nSPS) is 24.9. The van der Waals surface area contributed by atoms with Gasteiger partial charge in [0.2, 0.25) is 0 Å². The van der Waals surface area contributed by atoms with Gasteiger partial charge in [0.1, 0.15) is 11.5 Å². The van der Waals surface area contributed by atoms with Gasteiger partial charge in [0.05, 0.1) is 29.8 Å². The second-order valence-electron chi connectivity index (χ2n) is 8.90. The quantitative estimate of drug-likeness (QED) is 0.370. The summed E-state index contributed by atoms with van der Waals surface area (Å²) < 4.78 is 5.96. The SMILES string of the molecule is CCCCCC1CCCCCCC2=C=C1C(C=C1N=C(c3ccc[nH]3)C=C1OCC)N2. The van der Waals surface area contributed by atoms with E-state index in [1.807, 2.05) is 19.2 Å². The molecule has 1 aliphatic carbocycles. The van der Waals surface area contributed by atoms with Crippen LogP contribution in [0.3, 0.4) is 0 Å². The number of hydrogen-bond donors (Lipinski definition) is 2. The summed E-state index contributed by atoms with van der Waals surface area (Å²) in [5.74, 6) is 1.48. The number of H-pyrrole nitrogens is 1. The minimum Gasteiger partial charge on any atom is -0.492 e. The number of hydrogen-bond acceptors (Lipinski definition) is 3. The van der Waals surface area contributed by atoms with Gasteiger partial charge in [-0.25, -0.2) is 4.99 Å². The summed E-state index contributed by atoms with van der Waals surface area (Å²) in [5.41, 5.74) is 9.44. The number of aromatic nitrogens is 1. The molecule has 1 aromatic heterocycles. The first-order valence-corrected chi connectivity index (χ1v) is 12.3. The highest BCUT2D eigenvalue weighted by Gasteiger charge is 2.28. The number of allylic oxidation sites excluding steroid dienone is 1. The molecule has 31 heavy (non-hydrogen) atoms. The Kier molecular flexibility index (Phi) is 7.53. The summed E-state index contributed by atoms with van der Waals surface area (Å²) >= 11 is 0. The number of unbranched alkanes of at least 4 members (excludes halogenated alkanes) is 2. The fourth-order valence-electron chi connectivity index (χ4n) is 4.91. The number of aromatic amines is 1.